The molecule has 41 heavy (non-hydrogen) atoms. The largest absolute Gasteiger partial charge is 0.481 e. The van der Waals surface area contributed by atoms with E-state index in [1.807, 2.05) is 0 Å². The molecule has 0 radical (unpaired) electrons. The maximum absolute atomic E-state index is 12.8. The van der Waals surface area contributed by atoms with Crippen molar-refractivity contribution in [2.24, 2.45) is 22.2 Å². The number of nitrogens with two attached hydrogens (primary N) is 3. The first-order valence-electron chi connectivity index (χ1n) is 12.6. The van der Waals surface area contributed by atoms with E-state index in [9.17, 15) is 48.9 Å². The van der Waals surface area contributed by atoms with E-state index in [1.165, 1.54) is 0 Å². The van der Waals surface area contributed by atoms with Crippen LogP contribution in [0.4, 0.5) is 0 Å². The van der Waals surface area contributed by atoms with Gasteiger partial charge in [0.2, 0.25) is 29.5 Å². The molecule has 0 aromatic heterocycles. The summed E-state index contributed by atoms with van der Waals surface area (Å²) in [5.74, 6) is -7.35. The number of guanidine groups is 1. The first-order chi connectivity index (χ1) is 19.3. The second-order valence-electron chi connectivity index (χ2n) is 8.98. The number of nitrogens with one attached hydrogen (secondary N) is 4. The van der Waals surface area contributed by atoms with Crippen LogP contribution in [-0.2, 0) is 33.6 Å². The van der Waals surface area contributed by atoms with Crippen molar-refractivity contribution in [3.8, 4) is 0 Å². The number of carbonyl (C=O) groups excluding carboxylic acids is 5. The molecular weight excluding hydrogens is 550 g/mol. The molecular formula is C22H37N9O10. The summed E-state index contributed by atoms with van der Waals surface area (Å²) in [5.41, 5.74) is 15.7. The van der Waals surface area contributed by atoms with Crippen molar-refractivity contribution in [2.45, 2.75) is 56.3 Å². The Morgan fingerprint density at radius 3 is 2.15 bits per heavy atom. The standard InChI is InChI=1S/C22H37N9O10/c23-8-15(33)28-11(3-1-5-26-22(24)25)18(37)27-9-16(34)29-12(7-17(35)36)19(38)30-13(10-32)20(39)31-6-2-4-14(31)21(40)41/h11-14,32H,1-10,23H2,(H,27,37)(H,28,33)(H,29,34)(H,30,38)(H,35,36)(H,40,41)(H4,24,25,26)/t11-,12-,13-,14-/m0/s1. The molecule has 1 aliphatic heterocycles. The fraction of sp³-hybridized carbons (Fsp3) is 0.636. The van der Waals surface area contributed by atoms with Crippen LogP contribution in [0.5, 0.6) is 0 Å². The molecule has 1 rings (SSSR count). The van der Waals surface area contributed by atoms with Gasteiger partial charge in [0.1, 0.15) is 24.2 Å². The summed E-state index contributed by atoms with van der Waals surface area (Å²) >= 11 is 0. The SMILES string of the molecule is NCC(=O)N[C@@H](CCCN=C(N)N)C(=O)NCC(=O)N[C@@H](CC(=O)O)C(=O)N[C@@H](CO)C(=O)N1CCC[C@H]1C(=O)O. The monoisotopic (exact) mass is 587 g/mol. The number of likely N-dealkylation sites (tertiary alicyclic amines) is 1. The molecule has 19 nitrogen and oxygen atoms in total. The van der Waals surface area contributed by atoms with Gasteiger partial charge in [0, 0.05) is 13.1 Å². The summed E-state index contributed by atoms with van der Waals surface area (Å²) < 4.78 is 0. The van der Waals surface area contributed by atoms with Gasteiger partial charge in [-0.05, 0) is 25.7 Å². The van der Waals surface area contributed by atoms with E-state index < -0.39 is 91.8 Å². The summed E-state index contributed by atoms with van der Waals surface area (Å²) in [5, 5.41) is 37.0. The number of rotatable bonds is 17. The van der Waals surface area contributed by atoms with Crippen LogP contribution in [0.1, 0.15) is 32.1 Å². The number of nitrogens with zero attached hydrogens (tertiary/aromatic N) is 2. The van der Waals surface area contributed by atoms with Crippen LogP contribution >= 0.6 is 0 Å². The van der Waals surface area contributed by atoms with E-state index in [1.54, 1.807) is 0 Å². The zero-order valence-electron chi connectivity index (χ0n) is 22.2. The molecule has 0 saturated carbocycles. The number of hydrogen-bond acceptors (Lipinski definition) is 10. The van der Waals surface area contributed by atoms with Gasteiger partial charge in [-0.25, -0.2) is 4.79 Å². The molecule has 1 fully saturated rings. The van der Waals surface area contributed by atoms with Crippen LogP contribution < -0.4 is 38.5 Å². The van der Waals surface area contributed by atoms with E-state index >= 15 is 0 Å². The number of aliphatic hydroxyl groups is 1. The normalized spacial score (nSPS) is 16.4. The quantitative estimate of drug-likeness (QED) is 0.0431. The molecule has 4 atom stereocenters. The maximum atomic E-state index is 12.8. The molecule has 0 spiro atoms. The number of carbonyl (C=O) groups is 7. The van der Waals surface area contributed by atoms with Crippen LogP contribution in [0, 0.1) is 0 Å². The van der Waals surface area contributed by atoms with Crippen LogP contribution in [0.2, 0.25) is 0 Å². The van der Waals surface area contributed by atoms with Crippen LogP contribution in [-0.4, -0.2) is 125 Å². The number of hydrogen-bond donors (Lipinski definition) is 10. The Kier molecular flexibility index (Phi) is 14.5. The molecule has 19 heteroatoms. The van der Waals surface area contributed by atoms with Crippen LogP contribution in [0.15, 0.2) is 4.99 Å². The van der Waals surface area contributed by atoms with Gasteiger partial charge in [-0.1, -0.05) is 0 Å². The molecule has 0 aromatic carbocycles. The summed E-state index contributed by atoms with van der Waals surface area (Å²) in [6, 6.07) is -5.57. The smallest absolute Gasteiger partial charge is 0.326 e. The molecule has 0 unspecified atom stereocenters. The first kappa shape index (κ1) is 34.5. The summed E-state index contributed by atoms with van der Waals surface area (Å²) in [7, 11) is 0. The maximum Gasteiger partial charge on any atom is 0.326 e. The predicted octanol–water partition coefficient (Wildman–Crippen LogP) is -5.89. The number of amides is 5. The molecule has 1 saturated heterocycles. The first-order valence-corrected chi connectivity index (χ1v) is 12.6. The van der Waals surface area contributed by atoms with E-state index in [0.717, 1.165) is 4.90 Å². The van der Waals surface area contributed by atoms with Crippen molar-refractivity contribution in [1.82, 2.24) is 26.2 Å². The van der Waals surface area contributed by atoms with Gasteiger partial charge in [-0.15, -0.1) is 0 Å². The Morgan fingerprint density at radius 1 is 0.927 bits per heavy atom. The van der Waals surface area contributed by atoms with Crippen molar-refractivity contribution in [3.63, 3.8) is 0 Å². The van der Waals surface area contributed by atoms with E-state index in [0.29, 0.717) is 6.42 Å². The molecule has 0 aromatic rings. The van der Waals surface area contributed by atoms with Gasteiger partial charge in [-0.2, -0.15) is 0 Å². The lowest BCUT2D eigenvalue weighted by molar-refractivity contribution is -0.150. The zero-order chi connectivity index (χ0) is 31.1. The third-order valence-electron chi connectivity index (χ3n) is 5.85. The summed E-state index contributed by atoms with van der Waals surface area (Å²) in [4.78, 5) is 89.6. The molecule has 230 valence electrons. The Balaban J connectivity index is 2.82. The lowest BCUT2D eigenvalue weighted by atomic mass is 10.1. The highest BCUT2D eigenvalue weighted by Gasteiger charge is 2.38. The minimum absolute atomic E-state index is 0.0797. The third kappa shape index (κ3) is 12.0. The van der Waals surface area contributed by atoms with Gasteiger partial charge >= 0.3 is 11.9 Å². The molecule has 5 amide bonds. The number of carboxylic acids is 2. The summed E-state index contributed by atoms with van der Waals surface area (Å²) in [6.07, 6.45) is 0.0216. The lowest BCUT2D eigenvalue weighted by Crippen LogP contribution is -2.58. The third-order valence-corrected chi connectivity index (χ3v) is 5.85. The highest BCUT2D eigenvalue weighted by atomic mass is 16.4. The van der Waals surface area contributed by atoms with Crippen molar-refractivity contribution < 1.29 is 48.9 Å². The van der Waals surface area contributed by atoms with E-state index in [2.05, 4.69) is 26.3 Å². The summed E-state index contributed by atoms with van der Waals surface area (Å²) in [6.45, 7) is -1.81. The Labute approximate surface area is 234 Å². The lowest BCUT2D eigenvalue weighted by Gasteiger charge is -2.27. The number of aliphatic hydroxyl groups excluding tert-OH is 1. The average molecular weight is 588 g/mol. The van der Waals surface area contributed by atoms with E-state index in [4.69, 9.17) is 17.2 Å². The Hall–Kier alpha value is -4.52. The number of aliphatic carboxylic acids is 2. The minimum atomic E-state index is -1.72. The Morgan fingerprint density at radius 2 is 1.59 bits per heavy atom. The van der Waals surface area contributed by atoms with Crippen molar-refractivity contribution in [3.05, 3.63) is 0 Å². The molecule has 1 heterocycles. The van der Waals surface area contributed by atoms with Crippen molar-refractivity contribution in [1.29, 1.82) is 0 Å². The minimum Gasteiger partial charge on any atom is -0.481 e. The highest BCUT2D eigenvalue weighted by molar-refractivity contribution is 5.96. The van der Waals surface area contributed by atoms with E-state index in [-0.39, 0.29) is 38.3 Å². The van der Waals surface area contributed by atoms with Gasteiger partial charge < -0.3 is 58.7 Å². The van der Waals surface area contributed by atoms with Gasteiger partial charge in [-0.3, -0.25) is 33.8 Å². The zero-order valence-corrected chi connectivity index (χ0v) is 22.2. The molecule has 13 N–H and O–H groups in total. The second kappa shape index (κ2) is 17.2. The molecule has 1 aliphatic rings. The highest BCUT2D eigenvalue weighted by Crippen LogP contribution is 2.18. The van der Waals surface area contributed by atoms with Gasteiger partial charge in [0.15, 0.2) is 5.96 Å². The fourth-order valence-electron chi connectivity index (χ4n) is 3.89. The molecule has 0 bridgehead atoms. The average Bonchev–Trinajstić information content (AvgIpc) is 3.41. The molecule has 0 aliphatic carbocycles. The van der Waals surface area contributed by atoms with Crippen molar-refractivity contribution >= 4 is 47.4 Å². The van der Waals surface area contributed by atoms with Gasteiger partial charge in [0.05, 0.1) is 26.1 Å². The van der Waals surface area contributed by atoms with Crippen molar-refractivity contribution in [2.75, 3.05) is 32.8 Å². The number of aliphatic imine (C=N–C) groups is 1. The van der Waals surface area contributed by atoms with Crippen LogP contribution in [0.25, 0.3) is 0 Å². The second-order valence-corrected chi connectivity index (χ2v) is 8.98. The topological polar surface area (TPSA) is 322 Å². The fourth-order valence-corrected chi connectivity index (χ4v) is 3.89. The predicted molar refractivity (Wildman–Crippen MR) is 139 cm³/mol. The Bertz CT molecular complexity index is 1020. The number of carboxylic acid groups (broad SMARTS) is 2. The van der Waals surface area contributed by atoms with Crippen LogP contribution in [0.3, 0.4) is 0 Å². The van der Waals surface area contributed by atoms with Gasteiger partial charge in [0.25, 0.3) is 0 Å².